The molecule has 1 aliphatic carbocycles. The van der Waals surface area contributed by atoms with Crippen LogP contribution in [-0.4, -0.2) is 52.0 Å². The van der Waals surface area contributed by atoms with E-state index >= 15 is 0 Å². The highest BCUT2D eigenvalue weighted by atomic mass is 32.2. The van der Waals surface area contributed by atoms with Crippen molar-refractivity contribution < 1.29 is 23.5 Å². The summed E-state index contributed by atoms with van der Waals surface area (Å²) in [6, 6.07) is 2.37. The number of ether oxygens (including phenoxy) is 1. The first-order valence-corrected chi connectivity index (χ1v) is 13.7. The summed E-state index contributed by atoms with van der Waals surface area (Å²) < 4.78 is 21.0. The Kier molecular flexibility index (Phi) is 8.02. The van der Waals surface area contributed by atoms with Crippen LogP contribution in [0.1, 0.15) is 52.1 Å². The zero-order valence-corrected chi connectivity index (χ0v) is 23.4. The van der Waals surface area contributed by atoms with E-state index in [1.807, 2.05) is 20.8 Å². The number of fused-ring (bicyclic) bond motifs is 1. The topological polar surface area (TPSA) is 141 Å². The van der Waals surface area contributed by atoms with Crippen molar-refractivity contribution >= 4 is 40.9 Å². The van der Waals surface area contributed by atoms with Gasteiger partial charge in [-0.15, -0.1) is 16.6 Å². The van der Waals surface area contributed by atoms with Crippen molar-refractivity contribution in [1.29, 1.82) is 0 Å². The third-order valence-corrected chi connectivity index (χ3v) is 7.25. The standard InChI is InChI=1S/C19H15FN2O4.C8H14N4OS/c1-2-7-21-15-9-14(13(20)8-16(15)26-10-17(21)23)22-18(24)11-5-3-4-6-12(11)19(22)25;1-8(2,3)5-6(13)12(9)7(14-4)11-10-5/h1,8-9H,3-7,10H2;9H2,1-4H3. The lowest BCUT2D eigenvalue weighted by Crippen LogP contribution is -2.39. The number of hydrogen-bond donors (Lipinski definition) is 1. The number of carbonyl (C=O) groups is 3. The molecule has 13 heteroatoms. The van der Waals surface area contributed by atoms with Gasteiger partial charge < -0.3 is 10.6 Å². The molecular weight excluding hydrogens is 539 g/mol. The lowest BCUT2D eigenvalue weighted by atomic mass is 9.93. The average molecular weight is 569 g/mol. The maximum absolute atomic E-state index is 14.7. The van der Waals surface area contributed by atoms with Crippen LogP contribution in [0.2, 0.25) is 0 Å². The molecule has 2 N–H and O–H groups in total. The molecule has 2 aromatic rings. The fraction of sp³-hybridized carbons (Fsp3) is 0.407. The van der Waals surface area contributed by atoms with Crippen molar-refractivity contribution in [2.75, 3.05) is 35.0 Å². The van der Waals surface area contributed by atoms with Crippen LogP contribution in [0.3, 0.4) is 0 Å². The van der Waals surface area contributed by atoms with Crippen molar-refractivity contribution in [1.82, 2.24) is 14.9 Å². The molecule has 0 radical (unpaired) electrons. The minimum absolute atomic E-state index is 0.0170. The molecule has 0 saturated carbocycles. The second-order valence-corrected chi connectivity index (χ2v) is 11.1. The Morgan fingerprint density at radius 1 is 1.07 bits per heavy atom. The highest BCUT2D eigenvalue weighted by molar-refractivity contribution is 7.98. The monoisotopic (exact) mass is 568 g/mol. The van der Waals surface area contributed by atoms with Gasteiger partial charge in [0.1, 0.15) is 11.4 Å². The number of thioether (sulfide) groups is 1. The van der Waals surface area contributed by atoms with Crippen molar-refractivity contribution in [2.45, 2.75) is 57.0 Å². The molecule has 0 spiro atoms. The third-order valence-electron chi connectivity index (χ3n) is 6.61. The SMILES string of the molecule is C#CCN1C(=O)COc2cc(F)c(N3C(=O)C4=C(CCCC4)C3=O)cc21.CSc1nnc(C(C)(C)C)c(=O)n1N. The van der Waals surface area contributed by atoms with E-state index in [1.54, 1.807) is 6.26 Å². The number of nitrogens with zero attached hydrogens (tertiary/aromatic N) is 5. The van der Waals surface area contributed by atoms with Gasteiger partial charge in [-0.25, -0.2) is 9.29 Å². The van der Waals surface area contributed by atoms with E-state index in [9.17, 15) is 23.6 Å². The van der Waals surface area contributed by atoms with Crippen LogP contribution < -0.4 is 25.9 Å². The van der Waals surface area contributed by atoms with Crippen LogP contribution in [0.25, 0.3) is 0 Å². The molecule has 3 heterocycles. The number of nitrogens with two attached hydrogens (primary N) is 1. The molecule has 0 unspecified atom stereocenters. The van der Waals surface area contributed by atoms with Crippen LogP contribution in [0.4, 0.5) is 15.8 Å². The molecule has 0 fully saturated rings. The van der Waals surface area contributed by atoms with Crippen LogP contribution in [0, 0.1) is 18.2 Å². The number of rotatable bonds is 3. The lowest BCUT2D eigenvalue weighted by molar-refractivity contribution is -0.121. The first-order chi connectivity index (χ1) is 18.9. The predicted octanol–water partition coefficient (Wildman–Crippen LogP) is 2.30. The minimum Gasteiger partial charge on any atom is -0.481 e. The lowest BCUT2D eigenvalue weighted by Gasteiger charge is -2.29. The van der Waals surface area contributed by atoms with E-state index < -0.39 is 17.6 Å². The molecule has 0 atom stereocenters. The molecule has 210 valence electrons. The first kappa shape index (κ1) is 28.8. The summed E-state index contributed by atoms with van der Waals surface area (Å²) in [5.41, 5.74) is 0.767. The van der Waals surface area contributed by atoms with E-state index in [2.05, 4.69) is 16.1 Å². The fourth-order valence-corrected chi connectivity index (χ4v) is 5.00. The maximum Gasteiger partial charge on any atom is 0.295 e. The summed E-state index contributed by atoms with van der Waals surface area (Å²) in [5, 5.41) is 8.19. The van der Waals surface area contributed by atoms with Crippen LogP contribution in [0.15, 0.2) is 33.2 Å². The quantitative estimate of drug-likeness (QED) is 0.256. The zero-order chi connectivity index (χ0) is 29.4. The zero-order valence-electron chi connectivity index (χ0n) is 22.6. The Hall–Kier alpha value is -4.18. The Morgan fingerprint density at radius 3 is 2.25 bits per heavy atom. The van der Waals surface area contributed by atoms with Gasteiger partial charge in [0.25, 0.3) is 23.3 Å². The number of hydrogen-bond acceptors (Lipinski definition) is 9. The van der Waals surface area contributed by atoms with Gasteiger partial charge in [-0.1, -0.05) is 38.5 Å². The van der Waals surface area contributed by atoms with Crippen LogP contribution >= 0.6 is 11.8 Å². The Morgan fingerprint density at radius 2 is 1.70 bits per heavy atom. The van der Waals surface area contributed by atoms with E-state index in [0.29, 0.717) is 34.8 Å². The number of halogens is 1. The highest BCUT2D eigenvalue weighted by Crippen LogP contribution is 2.41. The number of terminal acetylenes is 1. The van der Waals surface area contributed by atoms with Crippen molar-refractivity contribution in [2.24, 2.45) is 0 Å². The second kappa shape index (κ2) is 11.1. The van der Waals surface area contributed by atoms with Crippen LogP contribution in [-0.2, 0) is 19.8 Å². The van der Waals surface area contributed by atoms with Gasteiger partial charge in [-0.2, -0.15) is 4.68 Å². The van der Waals surface area contributed by atoms with Gasteiger partial charge in [0.15, 0.2) is 12.4 Å². The van der Waals surface area contributed by atoms with Crippen molar-refractivity contribution in [3.8, 4) is 18.1 Å². The second-order valence-electron chi connectivity index (χ2n) is 10.3. The third kappa shape index (κ3) is 5.19. The number of anilines is 2. The molecule has 3 amide bonds. The van der Waals surface area contributed by atoms with Gasteiger partial charge in [0.2, 0.25) is 5.16 Å². The average Bonchev–Trinajstić information content (AvgIpc) is 3.16. The molecule has 5 rings (SSSR count). The maximum atomic E-state index is 14.7. The number of aromatic nitrogens is 3. The van der Waals surface area contributed by atoms with E-state index in [0.717, 1.165) is 28.5 Å². The molecule has 1 aromatic carbocycles. The van der Waals surface area contributed by atoms with Gasteiger partial charge >= 0.3 is 0 Å². The van der Waals surface area contributed by atoms with E-state index in [-0.39, 0.29) is 47.2 Å². The molecule has 2 aliphatic heterocycles. The van der Waals surface area contributed by atoms with Gasteiger partial charge in [-0.3, -0.25) is 24.1 Å². The normalized spacial score (nSPS) is 16.6. The van der Waals surface area contributed by atoms with E-state index in [1.165, 1.54) is 22.7 Å². The molecule has 0 bridgehead atoms. The predicted molar refractivity (Wildman–Crippen MR) is 148 cm³/mol. The summed E-state index contributed by atoms with van der Waals surface area (Å²) in [6.07, 6.45) is 9.81. The number of carbonyl (C=O) groups excluding carboxylic acids is 3. The number of nitrogen functional groups attached to an aromatic ring is 1. The largest absolute Gasteiger partial charge is 0.481 e. The highest BCUT2D eigenvalue weighted by Gasteiger charge is 2.41. The molecule has 40 heavy (non-hydrogen) atoms. The number of imide groups is 1. The minimum atomic E-state index is -0.764. The van der Waals surface area contributed by atoms with E-state index in [4.69, 9.17) is 17.0 Å². The molecule has 3 aliphatic rings. The summed E-state index contributed by atoms with van der Waals surface area (Å²) in [6.45, 7) is 5.44. The molecule has 11 nitrogen and oxygen atoms in total. The Balaban J connectivity index is 0.000000224. The van der Waals surface area contributed by atoms with Crippen LogP contribution in [0.5, 0.6) is 5.75 Å². The summed E-state index contributed by atoms with van der Waals surface area (Å²) >= 11 is 1.29. The smallest absolute Gasteiger partial charge is 0.295 e. The van der Waals surface area contributed by atoms with Crippen molar-refractivity contribution in [3.63, 3.8) is 0 Å². The summed E-state index contributed by atoms with van der Waals surface area (Å²) in [4.78, 5) is 51.3. The summed E-state index contributed by atoms with van der Waals surface area (Å²) in [7, 11) is 0. The first-order valence-electron chi connectivity index (χ1n) is 12.5. The van der Waals surface area contributed by atoms with Gasteiger partial charge in [0.05, 0.1) is 17.9 Å². The molecule has 0 saturated heterocycles. The summed E-state index contributed by atoms with van der Waals surface area (Å²) in [5.74, 6) is 5.98. The van der Waals surface area contributed by atoms with Gasteiger partial charge in [0, 0.05) is 22.6 Å². The number of amides is 3. The Bertz CT molecular complexity index is 1510. The van der Waals surface area contributed by atoms with Crippen molar-refractivity contribution in [3.05, 3.63) is 45.1 Å². The van der Waals surface area contributed by atoms with Gasteiger partial charge in [-0.05, 0) is 38.0 Å². The molecular formula is C27H29FN6O5S. The number of benzene rings is 1. The molecule has 1 aromatic heterocycles. The Labute approximate surface area is 234 Å². The fourth-order valence-electron chi connectivity index (χ4n) is 4.60.